The minimum atomic E-state index is -1.29. The van der Waals surface area contributed by atoms with Crippen molar-refractivity contribution in [2.45, 2.75) is 50.5 Å². The third-order valence-electron chi connectivity index (χ3n) is 4.82. The van der Waals surface area contributed by atoms with Crippen molar-refractivity contribution in [3.05, 3.63) is 0 Å². The first-order valence-corrected chi connectivity index (χ1v) is 7.57. The Morgan fingerprint density at radius 3 is 2.60 bits per heavy atom. The molecule has 0 aromatic heterocycles. The number of nitrogens with two attached hydrogens (primary N) is 1. The van der Waals surface area contributed by atoms with Gasteiger partial charge in [-0.05, 0) is 31.5 Å². The largest absolute Gasteiger partial charge is 0.481 e. The number of carboxylic acids is 1. The van der Waals surface area contributed by atoms with Crippen LogP contribution in [-0.4, -0.2) is 58.3 Å². The van der Waals surface area contributed by atoms with Gasteiger partial charge in [-0.1, -0.05) is 12.8 Å². The van der Waals surface area contributed by atoms with Crippen LogP contribution in [0.1, 0.15) is 32.1 Å². The molecule has 0 aromatic carbocycles. The molecule has 0 bridgehead atoms. The number of hydrogen-bond acceptors (Lipinski definition) is 5. The van der Waals surface area contributed by atoms with Crippen molar-refractivity contribution in [2.75, 3.05) is 13.1 Å². The molecule has 1 heterocycles. The average Bonchev–Trinajstić information content (AvgIpc) is 2.94. The Morgan fingerprint density at radius 2 is 2.05 bits per heavy atom. The molecule has 0 spiro atoms. The van der Waals surface area contributed by atoms with Crippen molar-refractivity contribution < 1.29 is 19.9 Å². The summed E-state index contributed by atoms with van der Waals surface area (Å²) in [6.45, 7) is 1.36. The minimum Gasteiger partial charge on any atom is -0.481 e. The number of carboxylic acid groups (broad SMARTS) is 1. The number of likely N-dealkylation sites (tertiary alicyclic amines) is 1. The molecule has 1 aliphatic carbocycles. The molecule has 0 aromatic rings. The zero-order chi connectivity index (χ0) is 14.7. The van der Waals surface area contributed by atoms with Crippen LogP contribution in [0.25, 0.3) is 0 Å². The van der Waals surface area contributed by atoms with E-state index in [1.807, 2.05) is 0 Å². The first-order valence-electron chi connectivity index (χ1n) is 7.57. The Balaban J connectivity index is 1.91. The van der Waals surface area contributed by atoms with Crippen molar-refractivity contribution in [3.63, 3.8) is 0 Å². The fourth-order valence-corrected chi connectivity index (χ4v) is 3.73. The monoisotopic (exact) mass is 284 g/mol. The summed E-state index contributed by atoms with van der Waals surface area (Å²) in [5.41, 5.74) is 6.11. The summed E-state index contributed by atoms with van der Waals surface area (Å²) in [7, 11) is -1.29. The van der Waals surface area contributed by atoms with E-state index in [0.717, 1.165) is 32.2 Å². The van der Waals surface area contributed by atoms with Crippen LogP contribution in [0.4, 0.5) is 0 Å². The lowest BCUT2D eigenvalue weighted by molar-refractivity contribution is -0.142. The second-order valence-corrected chi connectivity index (χ2v) is 6.23. The van der Waals surface area contributed by atoms with Gasteiger partial charge in [0.2, 0.25) is 0 Å². The molecule has 2 aliphatic rings. The van der Waals surface area contributed by atoms with Crippen LogP contribution in [0.5, 0.6) is 0 Å². The molecule has 1 saturated carbocycles. The zero-order valence-electron chi connectivity index (χ0n) is 11.8. The van der Waals surface area contributed by atoms with Crippen LogP contribution in [0.2, 0.25) is 6.32 Å². The molecule has 0 radical (unpaired) electrons. The highest BCUT2D eigenvalue weighted by Gasteiger charge is 2.42. The van der Waals surface area contributed by atoms with Crippen LogP contribution >= 0.6 is 0 Å². The van der Waals surface area contributed by atoms with E-state index in [0.29, 0.717) is 25.3 Å². The van der Waals surface area contributed by atoms with E-state index in [4.69, 9.17) is 15.8 Å². The lowest BCUT2D eigenvalue weighted by Crippen LogP contribution is -2.43. The Morgan fingerprint density at radius 1 is 1.30 bits per heavy atom. The lowest BCUT2D eigenvalue weighted by Gasteiger charge is -2.27. The number of nitrogens with zero attached hydrogens (tertiary/aromatic N) is 1. The fourth-order valence-electron chi connectivity index (χ4n) is 3.73. The van der Waals surface area contributed by atoms with Gasteiger partial charge in [0.15, 0.2) is 0 Å². The predicted molar refractivity (Wildman–Crippen MR) is 76.0 cm³/mol. The van der Waals surface area contributed by atoms with Gasteiger partial charge in [0.1, 0.15) is 0 Å². The van der Waals surface area contributed by atoms with Gasteiger partial charge in [-0.2, -0.15) is 0 Å². The second kappa shape index (κ2) is 6.89. The van der Waals surface area contributed by atoms with Crippen LogP contribution in [-0.2, 0) is 4.79 Å². The average molecular weight is 284 g/mol. The molecule has 5 N–H and O–H groups in total. The van der Waals surface area contributed by atoms with Crippen molar-refractivity contribution in [3.8, 4) is 0 Å². The Labute approximate surface area is 120 Å². The number of hydrogen-bond donors (Lipinski definition) is 4. The molecular formula is C13H25BN2O4. The summed E-state index contributed by atoms with van der Waals surface area (Å²) in [5.74, 6) is -0.994. The summed E-state index contributed by atoms with van der Waals surface area (Å²) in [6, 6.07) is 0.493. The van der Waals surface area contributed by atoms with Crippen molar-refractivity contribution in [2.24, 2.45) is 17.6 Å². The first kappa shape index (κ1) is 15.8. The summed E-state index contributed by atoms with van der Waals surface area (Å²) >= 11 is 0. The van der Waals surface area contributed by atoms with Crippen molar-refractivity contribution in [1.82, 2.24) is 4.90 Å². The predicted octanol–water partition coefficient (Wildman–Crippen LogP) is -0.248. The van der Waals surface area contributed by atoms with E-state index >= 15 is 0 Å². The molecule has 2 fully saturated rings. The van der Waals surface area contributed by atoms with Crippen LogP contribution in [0, 0.1) is 11.8 Å². The maximum Gasteiger partial charge on any atom is 0.451 e. The number of aliphatic carboxylic acids is 1. The summed E-state index contributed by atoms with van der Waals surface area (Å²) in [6.07, 6.45) is 4.91. The Hall–Kier alpha value is -0.625. The number of carbonyl (C=O) groups is 1. The lowest BCUT2D eigenvalue weighted by atomic mass is 9.80. The molecule has 2 unspecified atom stereocenters. The third kappa shape index (κ3) is 3.72. The van der Waals surface area contributed by atoms with E-state index in [1.54, 1.807) is 0 Å². The van der Waals surface area contributed by atoms with Gasteiger partial charge in [0.05, 0.1) is 5.92 Å². The van der Waals surface area contributed by atoms with E-state index in [2.05, 4.69) is 4.90 Å². The normalized spacial score (nSPS) is 34.5. The Kier molecular flexibility index (Phi) is 5.43. The van der Waals surface area contributed by atoms with Gasteiger partial charge < -0.3 is 20.9 Å². The maximum absolute atomic E-state index is 11.4. The van der Waals surface area contributed by atoms with Crippen molar-refractivity contribution in [1.29, 1.82) is 0 Å². The van der Waals surface area contributed by atoms with E-state index < -0.39 is 13.1 Å². The highest BCUT2D eigenvalue weighted by Crippen LogP contribution is 2.33. The smallest absolute Gasteiger partial charge is 0.451 e. The number of rotatable bonds is 6. The molecule has 114 valence electrons. The second-order valence-electron chi connectivity index (χ2n) is 6.23. The standard InChI is InChI=1S/C13H25BN2O4/c15-11-4-1-5-12(11)16-7-9(3-2-6-14(19)20)10(8-16)13(17)18/h9-12,19-20H,1-8,15H2,(H,17,18)/t9-,10+,11?,12?/m0/s1. The first-order chi connectivity index (χ1) is 9.49. The van der Waals surface area contributed by atoms with Gasteiger partial charge in [-0.3, -0.25) is 9.69 Å². The van der Waals surface area contributed by atoms with E-state index in [1.165, 1.54) is 0 Å². The molecular weight excluding hydrogens is 259 g/mol. The molecule has 1 aliphatic heterocycles. The molecule has 4 atom stereocenters. The van der Waals surface area contributed by atoms with Gasteiger partial charge in [0.25, 0.3) is 0 Å². The molecule has 20 heavy (non-hydrogen) atoms. The quantitative estimate of drug-likeness (QED) is 0.501. The molecule has 2 rings (SSSR count). The molecule has 0 amide bonds. The van der Waals surface area contributed by atoms with E-state index in [9.17, 15) is 9.90 Å². The van der Waals surface area contributed by atoms with Crippen molar-refractivity contribution >= 4 is 13.1 Å². The zero-order valence-corrected chi connectivity index (χ0v) is 11.8. The fraction of sp³-hybridized carbons (Fsp3) is 0.923. The highest BCUT2D eigenvalue weighted by molar-refractivity contribution is 6.40. The van der Waals surface area contributed by atoms with Crippen LogP contribution in [0.15, 0.2) is 0 Å². The van der Waals surface area contributed by atoms with Gasteiger partial charge in [0, 0.05) is 25.2 Å². The summed E-state index contributed by atoms with van der Waals surface area (Å²) in [5, 5.41) is 27.1. The Bertz CT molecular complexity index is 342. The van der Waals surface area contributed by atoms with Gasteiger partial charge in [-0.25, -0.2) is 0 Å². The van der Waals surface area contributed by atoms with Crippen LogP contribution in [0.3, 0.4) is 0 Å². The summed E-state index contributed by atoms with van der Waals surface area (Å²) in [4.78, 5) is 13.6. The topological polar surface area (TPSA) is 107 Å². The molecule has 7 heteroatoms. The highest BCUT2D eigenvalue weighted by atomic mass is 16.4. The summed E-state index contributed by atoms with van der Waals surface area (Å²) < 4.78 is 0. The molecule has 6 nitrogen and oxygen atoms in total. The third-order valence-corrected chi connectivity index (χ3v) is 4.82. The van der Waals surface area contributed by atoms with E-state index in [-0.39, 0.29) is 17.9 Å². The maximum atomic E-state index is 11.4. The minimum absolute atomic E-state index is 0.0963. The SMILES string of the molecule is NC1CCCC1N1C[C@H](CCCB(O)O)[C@H](C(=O)O)C1. The van der Waals surface area contributed by atoms with Crippen LogP contribution < -0.4 is 5.73 Å². The van der Waals surface area contributed by atoms with Gasteiger partial charge in [-0.15, -0.1) is 0 Å². The molecule has 1 saturated heterocycles. The van der Waals surface area contributed by atoms with Gasteiger partial charge >= 0.3 is 13.1 Å².